The summed E-state index contributed by atoms with van der Waals surface area (Å²) in [5.74, 6) is -1.80. The van der Waals surface area contributed by atoms with Crippen LogP contribution < -0.4 is 9.62 Å². The summed E-state index contributed by atoms with van der Waals surface area (Å²) in [7, 11) is -4.27. The minimum atomic E-state index is -4.27. The van der Waals surface area contributed by atoms with Crippen LogP contribution in [-0.2, 0) is 29.1 Å². The fraction of sp³-hybridized carbons (Fsp3) is 0.286. The lowest BCUT2D eigenvalue weighted by Crippen LogP contribution is -2.37. The number of amides is 1. The highest BCUT2D eigenvalue weighted by molar-refractivity contribution is 7.92. The smallest absolute Gasteiger partial charge is 0.340 e. The van der Waals surface area contributed by atoms with Crippen molar-refractivity contribution in [3.05, 3.63) is 54.1 Å². The number of carbonyl (C=O) groups excluding carboxylic acids is 3. The third kappa shape index (κ3) is 6.05. The zero-order chi connectivity index (χ0) is 23.0. The molecule has 0 aromatic heterocycles. The molecule has 10 heteroatoms. The summed E-state index contributed by atoms with van der Waals surface area (Å²) in [6.07, 6.45) is 0. The molecule has 0 bridgehead atoms. The number of benzene rings is 2. The molecule has 0 aliphatic rings. The number of para-hydroxylation sites is 1. The normalized spacial score (nSPS) is 10.8. The first-order chi connectivity index (χ1) is 14.7. The van der Waals surface area contributed by atoms with Crippen molar-refractivity contribution in [1.82, 2.24) is 0 Å². The topological polar surface area (TPSA) is 119 Å². The Morgan fingerprint density at radius 1 is 0.935 bits per heavy atom. The number of nitrogens with zero attached hydrogens (tertiary/aromatic N) is 1. The van der Waals surface area contributed by atoms with E-state index < -0.39 is 28.5 Å². The molecular formula is C21H24N2O7S. The molecule has 0 aliphatic carbocycles. The fourth-order valence-electron chi connectivity index (χ4n) is 2.74. The van der Waals surface area contributed by atoms with Gasteiger partial charge in [-0.15, -0.1) is 0 Å². The molecule has 31 heavy (non-hydrogen) atoms. The number of nitrogens with one attached hydrogen (secondary N) is 1. The van der Waals surface area contributed by atoms with Gasteiger partial charge < -0.3 is 14.8 Å². The Morgan fingerprint density at radius 2 is 1.55 bits per heavy atom. The Balaban J connectivity index is 2.55. The van der Waals surface area contributed by atoms with Crippen LogP contribution in [0.3, 0.4) is 0 Å². The maximum atomic E-state index is 13.4. The van der Waals surface area contributed by atoms with E-state index in [2.05, 4.69) is 5.32 Å². The third-order valence-electron chi connectivity index (χ3n) is 4.01. The van der Waals surface area contributed by atoms with Crippen molar-refractivity contribution in [2.45, 2.75) is 25.7 Å². The number of carbonyl (C=O) groups is 3. The lowest BCUT2D eigenvalue weighted by Gasteiger charge is -2.25. The zero-order valence-corrected chi connectivity index (χ0v) is 18.3. The molecule has 0 fully saturated rings. The average Bonchev–Trinajstić information content (AvgIpc) is 2.72. The van der Waals surface area contributed by atoms with Gasteiger partial charge in [-0.3, -0.25) is 13.9 Å². The van der Waals surface area contributed by atoms with Crippen molar-refractivity contribution in [2.24, 2.45) is 0 Å². The zero-order valence-electron chi connectivity index (χ0n) is 17.5. The van der Waals surface area contributed by atoms with E-state index in [1.165, 1.54) is 43.3 Å². The summed E-state index contributed by atoms with van der Waals surface area (Å²) >= 11 is 0. The first-order valence-corrected chi connectivity index (χ1v) is 11.0. The number of ether oxygens (including phenoxy) is 2. The molecule has 0 atom stereocenters. The van der Waals surface area contributed by atoms with Gasteiger partial charge in [0.05, 0.1) is 29.4 Å². The SMILES string of the molecule is CCOC(=O)CN(c1ccccc1C(=O)OCC)S(=O)(=O)c1ccc(NC(C)=O)cc1. The fourth-order valence-corrected chi connectivity index (χ4v) is 4.16. The maximum absolute atomic E-state index is 13.4. The van der Waals surface area contributed by atoms with Gasteiger partial charge in [-0.2, -0.15) is 0 Å². The highest BCUT2D eigenvalue weighted by Gasteiger charge is 2.31. The molecule has 2 aromatic rings. The Kier molecular flexibility index (Phi) is 8.14. The number of esters is 2. The molecule has 0 heterocycles. The summed E-state index contributed by atoms with van der Waals surface area (Å²) in [5.41, 5.74) is 0.391. The van der Waals surface area contributed by atoms with Gasteiger partial charge in [0.25, 0.3) is 10.0 Å². The second-order valence-corrected chi connectivity index (χ2v) is 8.12. The van der Waals surface area contributed by atoms with Crippen molar-refractivity contribution >= 4 is 39.2 Å². The van der Waals surface area contributed by atoms with Crippen LogP contribution in [0.2, 0.25) is 0 Å². The molecule has 2 rings (SSSR count). The largest absolute Gasteiger partial charge is 0.465 e. The van der Waals surface area contributed by atoms with Gasteiger partial charge in [-0.1, -0.05) is 12.1 Å². The van der Waals surface area contributed by atoms with Gasteiger partial charge in [-0.25, -0.2) is 13.2 Å². The summed E-state index contributed by atoms with van der Waals surface area (Å²) in [6, 6.07) is 11.4. The van der Waals surface area contributed by atoms with Gasteiger partial charge in [0.2, 0.25) is 5.91 Å². The molecule has 0 unspecified atom stereocenters. The second-order valence-electron chi connectivity index (χ2n) is 6.26. The second kappa shape index (κ2) is 10.6. The Labute approximate surface area is 181 Å². The minimum Gasteiger partial charge on any atom is -0.465 e. The molecule has 0 aliphatic heterocycles. The highest BCUT2D eigenvalue weighted by atomic mass is 32.2. The Morgan fingerprint density at radius 3 is 2.13 bits per heavy atom. The minimum absolute atomic E-state index is 0.00732. The molecule has 1 N–H and O–H groups in total. The monoisotopic (exact) mass is 448 g/mol. The quantitative estimate of drug-likeness (QED) is 0.586. The van der Waals surface area contributed by atoms with E-state index in [1.54, 1.807) is 26.0 Å². The van der Waals surface area contributed by atoms with E-state index in [4.69, 9.17) is 9.47 Å². The van der Waals surface area contributed by atoms with E-state index in [1.807, 2.05) is 0 Å². The molecule has 0 radical (unpaired) electrons. The molecule has 0 saturated carbocycles. The van der Waals surface area contributed by atoms with Gasteiger partial charge in [-0.05, 0) is 50.2 Å². The number of hydrogen-bond donors (Lipinski definition) is 1. The summed E-state index contributed by atoms with van der Waals surface area (Å²) in [4.78, 5) is 35.6. The lowest BCUT2D eigenvalue weighted by molar-refractivity contribution is -0.141. The van der Waals surface area contributed by atoms with E-state index >= 15 is 0 Å². The predicted octanol–water partition coefficient (Wildman–Crippen LogP) is 2.58. The van der Waals surface area contributed by atoms with Crippen LogP contribution in [0, 0.1) is 0 Å². The maximum Gasteiger partial charge on any atom is 0.340 e. The summed E-state index contributed by atoms with van der Waals surface area (Å²) in [5, 5.41) is 2.55. The van der Waals surface area contributed by atoms with E-state index in [-0.39, 0.29) is 35.3 Å². The van der Waals surface area contributed by atoms with Crippen molar-refractivity contribution in [3.8, 4) is 0 Å². The molecular weight excluding hydrogens is 424 g/mol. The van der Waals surface area contributed by atoms with E-state index in [9.17, 15) is 22.8 Å². The van der Waals surface area contributed by atoms with Gasteiger partial charge in [0.1, 0.15) is 6.54 Å². The van der Waals surface area contributed by atoms with Crippen LogP contribution in [0.1, 0.15) is 31.1 Å². The summed E-state index contributed by atoms with van der Waals surface area (Å²) in [6.45, 7) is 4.09. The van der Waals surface area contributed by atoms with Gasteiger partial charge in [0.15, 0.2) is 0 Å². The Bertz CT molecular complexity index is 1050. The molecule has 2 aromatic carbocycles. The highest BCUT2D eigenvalue weighted by Crippen LogP contribution is 2.28. The molecule has 1 amide bonds. The third-order valence-corrected chi connectivity index (χ3v) is 5.78. The molecule has 0 saturated heterocycles. The molecule has 166 valence electrons. The van der Waals surface area contributed by atoms with E-state index in [0.29, 0.717) is 5.69 Å². The lowest BCUT2D eigenvalue weighted by atomic mass is 10.2. The van der Waals surface area contributed by atoms with Gasteiger partial charge in [0, 0.05) is 12.6 Å². The standard InChI is InChI=1S/C21H24N2O7S/c1-4-29-20(25)14-23(19-9-7-6-8-18(19)21(26)30-5-2)31(27,28)17-12-10-16(11-13-17)22-15(3)24/h6-13H,4-5,14H2,1-3H3,(H,22,24). The Hall–Kier alpha value is -3.40. The van der Waals surface area contributed by atoms with Crippen LogP contribution in [0.5, 0.6) is 0 Å². The number of hydrogen-bond acceptors (Lipinski definition) is 7. The van der Waals surface area contributed by atoms with Crippen molar-refractivity contribution in [3.63, 3.8) is 0 Å². The first kappa shape index (κ1) is 23.9. The number of anilines is 2. The van der Waals surface area contributed by atoms with Crippen molar-refractivity contribution < 1.29 is 32.3 Å². The number of rotatable bonds is 9. The van der Waals surface area contributed by atoms with Gasteiger partial charge >= 0.3 is 11.9 Å². The van der Waals surface area contributed by atoms with Crippen LogP contribution in [0.15, 0.2) is 53.4 Å². The van der Waals surface area contributed by atoms with E-state index in [0.717, 1.165) is 4.31 Å². The first-order valence-electron chi connectivity index (χ1n) is 9.52. The predicted molar refractivity (Wildman–Crippen MR) is 114 cm³/mol. The van der Waals surface area contributed by atoms with Crippen LogP contribution >= 0.6 is 0 Å². The average molecular weight is 448 g/mol. The van der Waals surface area contributed by atoms with Crippen LogP contribution in [0.4, 0.5) is 11.4 Å². The van der Waals surface area contributed by atoms with Crippen LogP contribution in [0.25, 0.3) is 0 Å². The molecule has 0 spiro atoms. The summed E-state index contributed by atoms with van der Waals surface area (Å²) < 4.78 is 37.6. The van der Waals surface area contributed by atoms with Crippen LogP contribution in [-0.4, -0.2) is 46.0 Å². The molecule has 9 nitrogen and oxygen atoms in total. The number of sulfonamides is 1. The van der Waals surface area contributed by atoms with Crippen molar-refractivity contribution in [1.29, 1.82) is 0 Å². The van der Waals surface area contributed by atoms with Crippen molar-refractivity contribution in [2.75, 3.05) is 29.4 Å².